The molecule has 26 heteroatoms. The van der Waals surface area contributed by atoms with Gasteiger partial charge >= 0.3 is 31.7 Å². The summed E-state index contributed by atoms with van der Waals surface area (Å²) in [5.41, 5.74) is 0. The number of allylic oxidation sites excluding steroid dienone is 6. The monoisotopic (exact) mass is 1690 g/mol. The number of aliphatic hydroxyl groups is 9. The summed E-state index contributed by atoms with van der Waals surface area (Å²) in [6.07, 6.45) is 31.4. The van der Waals surface area contributed by atoms with Crippen molar-refractivity contribution in [1.82, 2.24) is 0 Å². The van der Waals surface area contributed by atoms with Crippen molar-refractivity contribution in [3.63, 3.8) is 0 Å². The van der Waals surface area contributed by atoms with Gasteiger partial charge in [0.25, 0.3) is 0 Å². The number of phosphoric acid groups is 1. The molecule has 0 aromatic carbocycles. The standard InChI is InChI=1S/C91H165O25P/c1-5-9-13-17-21-25-29-33-36-40-43-47-51-55-59-63-74(93)107-68-71(110-76(95)65-61-57-53-49-46-42-38-35-31-27-23-19-15-11-7-3)69-109-117(105,106)116-89-87(114-90-84(103)80(99)78(97)72(67-92)111-90)83(102)82(101)86(113-77(96)66-62-58-54-50-45-39-32-28-24-20-16-12-8-4)88(89)115-91-85(104)81(100)79(98)73(112-91)70-108-75(94)64-60-56-52-48-44-41-37-34-30-26-22-18-14-10-6-2/h26-27,30-31,39,45,71-73,78-92,97-104H,5-25,28-29,32-38,40-44,46-70H2,1-4H3,(H,105,106)/b30-26-,31-27-,45-39-. The summed E-state index contributed by atoms with van der Waals surface area (Å²) in [7, 11) is -5.81. The zero-order valence-electron chi connectivity index (χ0n) is 72.7. The molecule has 2 aliphatic heterocycles. The summed E-state index contributed by atoms with van der Waals surface area (Å²) in [4.78, 5) is 66.4. The Bertz CT molecular complexity index is 2580. The van der Waals surface area contributed by atoms with Gasteiger partial charge in [-0.05, 0) is 103 Å². The Balaban J connectivity index is 1.92. The van der Waals surface area contributed by atoms with Crippen molar-refractivity contribution in [1.29, 1.82) is 0 Å². The normalized spacial score (nSPS) is 25.2. The molecule has 684 valence electrons. The number of aliphatic hydroxyl groups excluding tert-OH is 9. The van der Waals surface area contributed by atoms with E-state index >= 15 is 0 Å². The molecule has 2 heterocycles. The molecule has 0 amide bonds. The number of carbonyl (C=O) groups excluding carboxylic acids is 4. The molecule has 0 radical (unpaired) electrons. The number of ether oxygens (including phenoxy) is 8. The molecular weight excluding hydrogens is 1520 g/mol. The Hall–Kier alpha value is -3.31. The van der Waals surface area contributed by atoms with Crippen LogP contribution < -0.4 is 0 Å². The molecule has 18 unspecified atom stereocenters. The van der Waals surface area contributed by atoms with E-state index in [1.807, 2.05) is 0 Å². The number of esters is 4. The van der Waals surface area contributed by atoms with Crippen molar-refractivity contribution in [3.05, 3.63) is 36.5 Å². The van der Waals surface area contributed by atoms with Gasteiger partial charge in [0.05, 0.1) is 13.2 Å². The molecule has 117 heavy (non-hydrogen) atoms. The van der Waals surface area contributed by atoms with E-state index in [1.165, 1.54) is 135 Å². The first-order valence-electron chi connectivity index (χ1n) is 46.7. The Morgan fingerprint density at radius 1 is 0.333 bits per heavy atom. The fourth-order valence-electron chi connectivity index (χ4n) is 15.1. The Labute approximate surface area is 704 Å². The molecule has 0 aromatic heterocycles. The SMILES string of the molecule is CCCCCC/C=C\CCCCCCCCCC(=O)OCC1OC(OC2C(OC(=O)CCCCC/C=C\CCCCCCCC)C(O)C(O)C(OC3OC(CO)C(O)C(O)C3O)C2OP(=O)(O)OCC(COC(=O)CCCCCCCCCCCCCCCCC)OC(=O)CCCCCCCCC/C=C\CCCCCC)C(O)C(O)C1O. The van der Waals surface area contributed by atoms with Gasteiger partial charge in [-0.3, -0.25) is 28.2 Å². The maximum atomic E-state index is 14.9. The fraction of sp³-hybridized carbons (Fsp3) is 0.890. The second-order valence-corrected chi connectivity index (χ2v) is 34.6. The Kier molecular flexibility index (Phi) is 64.6. The van der Waals surface area contributed by atoms with Crippen molar-refractivity contribution in [2.75, 3.05) is 26.4 Å². The third kappa shape index (κ3) is 50.3. The van der Waals surface area contributed by atoms with Crippen LogP contribution >= 0.6 is 7.82 Å². The quantitative estimate of drug-likeness (QED) is 0.00889. The van der Waals surface area contributed by atoms with Crippen LogP contribution in [0, 0.1) is 0 Å². The van der Waals surface area contributed by atoms with Gasteiger partial charge in [0.2, 0.25) is 0 Å². The predicted octanol–water partition coefficient (Wildman–Crippen LogP) is 17.1. The number of rotatable bonds is 75. The Morgan fingerprint density at radius 2 is 0.641 bits per heavy atom. The molecule has 18 atom stereocenters. The minimum Gasteiger partial charge on any atom is -0.463 e. The van der Waals surface area contributed by atoms with Gasteiger partial charge in [-0.15, -0.1) is 0 Å². The first-order valence-corrected chi connectivity index (χ1v) is 48.2. The molecule has 0 spiro atoms. The van der Waals surface area contributed by atoms with Crippen LogP contribution in [0.5, 0.6) is 0 Å². The van der Waals surface area contributed by atoms with E-state index in [-0.39, 0.29) is 32.1 Å². The molecule has 0 aromatic rings. The van der Waals surface area contributed by atoms with E-state index in [2.05, 4.69) is 64.2 Å². The summed E-state index contributed by atoms with van der Waals surface area (Å²) < 4.78 is 73.3. The van der Waals surface area contributed by atoms with Crippen molar-refractivity contribution >= 4 is 31.7 Å². The van der Waals surface area contributed by atoms with Gasteiger partial charge in [0, 0.05) is 25.7 Å². The number of hydrogen-bond donors (Lipinski definition) is 10. The van der Waals surface area contributed by atoms with Crippen molar-refractivity contribution < 1.29 is 122 Å². The highest BCUT2D eigenvalue weighted by Gasteiger charge is 2.60. The minimum absolute atomic E-state index is 0.00690. The van der Waals surface area contributed by atoms with Gasteiger partial charge in [-0.1, -0.05) is 295 Å². The molecule has 0 bridgehead atoms. The second kappa shape index (κ2) is 70.0. The first kappa shape index (κ1) is 108. The van der Waals surface area contributed by atoms with Crippen LogP contribution in [0.3, 0.4) is 0 Å². The van der Waals surface area contributed by atoms with E-state index in [0.29, 0.717) is 38.5 Å². The maximum absolute atomic E-state index is 14.9. The van der Waals surface area contributed by atoms with E-state index in [1.54, 1.807) is 0 Å². The fourth-order valence-corrected chi connectivity index (χ4v) is 16.1. The molecule has 3 aliphatic rings. The van der Waals surface area contributed by atoms with Crippen LogP contribution in [-0.2, 0) is 70.7 Å². The lowest BCUT2D eigenvalue weighted by atomic mass is 9.84. The van der Waals surface area contributed by atoms with Gasteiger partial charge in [0.15, 0.2) is 24.8 Å². The molecule has 1 aliphatic carbocycles. The molecule has 3 rings (SSSR count). The summed E-state index contributed by atoms with van der Waals surface area (Å²) >= 11 is 0. The summed E-state index contributed by atoms with van der Waals surface area (Å²) in [6, 6.07) is 0. The zero-order chi connectivity index (χ0) is 85.4. The average molecular weight is 1690 g/mol. The first-order chi connectivity index (χ1) is 56.7. The van der Waals surface area contributed by atoms with Gasteiger partial charge in [-0.25, -0.2) is 4.57 Å². The van der Waals surface area contributed by atoms with Crippen LogP contribution in [0.1, 0.15) is 387 Å². The van der Waals surface area contributed by atoms with Crippen molar-refractivity contribution in [2.24, 2.45) is 0 Å². The third-order valence-corrected chi connectivity index (χ3v) is 23.6. The third-order valence-electron chi connectivity index (χ3n) is 22.6. The van der Waals surface area contributed by atoms with E-state index < -0.39 is 162 Å². The van der Waals surface area contributed by atoms with Crippen LogP contribution in [-0.4, -0.2) is 205 Å². The van der Waals surface area contributed by atoms with E-state index in [9.17, 15) is 74.6 Å². The lowest BCUT2D eigenvalue weighted by Crippen LogP contribution is -2.70. The molecule has 10 N–H and O–H groups in total. The smallest absolute Gasteiger partial charge is 0.463 e. The predicted molar refractivity (Wildman–Crippen MR) is 453 cm³/mol. The van der Waals surface area contributed by atoms with Gasteiger partial charge in [-0.2, -0.15) is 0 Å². The van der Waals surface area contributed by atoms with Crippen LogP contribution in [0.15, 0.2) is 36.5 Å². The lowest BCUT2D eigenvalue weighted by molar-refractivity contribution is -0.360. The molecule has 1 saturated carbocycles. The molecule has 3 fully saturated rings. The van der Waals surface area contributed by atoms with E-state index in [4.69, 9.17) is 46.9 Å². The topological polar surface area (TPSA) is 380 Å². The van der Waals surface area contributed by atoms with Gasteiger partial charge in [0.1, 0.15) is 92.6 Å². The summed E-state index contributed by atoms with van der Waals surface area (Å²) in [6.45, 7) is 5.55. The summed E-state index contributed by atoms with van der Waals surface area (Å²) in [5.74, 6) is -2.99. The number of hydrogen-bond acceptors (Lipinski definition) is 24. The average Bonchev–Trinajstić information content (AvgIpc) is 0.753. The molecule has 25 nitrogen and oxygen atoms in total. The van der Waals surface area contributed by atoms with Gasteiger partial charge < -0.3 is 88.7 Å². The Morgan fingerprint density at radius 3 is 1.03 bits per heavy atom. The lowest BCUT2D eigenvalue weighted by Gasteiger charge is -2.50. The zero-order valence-corrected chi connectivity index (χ0v) is 73.6. The van der Waals surface area contributed by atoms with Crippen LogP contribution in [0.2, 0.25) is 0 Å². The largest absolute Gasteiger partial charge is 0.472 e. The molecule has 2 saturated heterocycles. The highest BCUT2D eigenvalue weighted by molar-refractivity contribution is 7.47. The number of phosphoric ester groups is 1. The van der Waals surface area contributed by atoms with Crippen molar-refractivity contribution in [2.45, 2.75) is 491 Å². The second-order valence-electron chi connectivity index (χ2n) is 33.2. The van der Waals surface area contributed by atoms with Crippen LogP contribution in [0.4, 0.5) is 0 Å². The van der Waals surface area contributed by atoms with Crippen LogP contribution in [0.25, 0.3) is 0 Å². The summed E-state index contributed by atoms with van der Waals surface area (Å²) in [5, 5.41) is 102. The molecular formula is C91H165O25P. The number of unbranched alkanes of at least 4 members (excludes halogenated alkanes) is 45. The minimum atomic E-state index is -5.81. The van der Waals surface area contributed by atoms with Crippen molar-refractivity contribution in [3.8, 4) is 0 Å². The highest BCUT2D eigenvalue weighted by atomic mass is 31.2. The maximum Gasteiger partial charge on any atom is 0.472 e. The van der Waals surface area contributed by atoms with E-state index in [0.717, 1.165) is 154 Å². The highest BCUT2D eigenvalue weighted by Crippen LogP contribution is 2.49. The number of carbonyl (C=O) groups is 4.